The van der Waals surface area contributed by atoms with Crippen molar-refractivity contribution in [2.24, 2.45) is 0 Å². The van der Waals surface area contributed by atoms with Gasteiger partial charge in [0.15, 0.2) is 0 Å². The molecule has 1 atom stereocenters. The van der Waals surface area contributed by atoms with Gasteiger partial charge in [-0.3, -0.25) is 4.79 Å². The average molecular weight is 295 g/mol. The third kappa shape index (κ3) is 2.68. The molecule has 0 N–H and O–H groups in total. The first-order chi connectivity index (χ1) is 9.24. The predicted molar refractivity (Wildman–Crippen MR) is 73.6 cm³/mol. The Bertz CT molecular complexity index is 567. The summed E-state index contributed by atoms with van der Waals surface area (Å²) in [6.45, 7) is 3.60. The number of thiophene rings is 1. The van der Waals surface area contributed by atoms with Gasteiger partial charge in [-0.2, -0.15) is 11.3 Å². The van der Waals surface area contributed by atoms with Crippen LogP contribution in [0.3, 0.4) is 0 Å². The Labute approximate surface area is 118 Å². The van der Waals surface area contributed by atoms with Crippen LogP contribution in [0.5, 0.6) is 0 Å². The van der Waals surface area contributed by atoms with Gasteiger partial charge in [-0.15, -0.1) is 10.2 Å². The van der Waals surface area contributed by atoms with Gasteiger partial charge in [0.25, 0.3) is 5.91 Å². The maximum absolute atomic E-state index is 12.3. The molecule has 1 unspecified atom stereocenters. The van der Waals surface area contributed by atoms with Crippen LogP contribution in [0.2, 0.25) is 0 Å². The average Bonchev–Trinajstić information content (AvgIpc) is 3.09. The van der Waals surface area contributed by atoms with E-state index in [0.29, 0.717) is 24.7 Å². The number of amides is 1. The summed E-state index contributed by atoms with van der Waals surface area (Å²) in [6.07, 6.45) is -0.0297. The van der Waals surface area contributed by atoms with Crippen molar-refractivity contribution < 1.29 is 9.53 Å². The van der Waals surface area contributed by atoms with Crippen molar-refractivity contribution in [3.63, 3.8) is 0 Å². The van der Waals surface area contributed by atoms with Gasteiger partial charge in [-0.25, -0.2) is 0 Å². The fraction of sp³-hybridized carbons (Fsp3) is 0.417. The van der Waals surface area contributed by atoms with Crippen LogP contribution in [0.25, 0.3) is 0 Å². The molecule has 19 heavy (non-hydrogen) atoms. The molecule has 2 aromatic heterocycles. The third-order valence-electron chi connectivity index (χ3n) is 2.98. The van der Waals surface area contributed by atoms with E-state index in [4.69, 9.17) is 4.74 Å². The van der Waals surface area contributed by atoms with Crippen LogP contribution in [-0.4, -0.2) is 40.7 Å². The monoisotopic (exact) mass is 295 g/mol. The zero-order valence-electron chi connectivity index (χ0n) is 10.4. The smallest absolute Gasteiger partial charge is 0.285 e. The Balaban J connectivity index is 1.73. The van der Waals surface area contributed by atoms with E-state index >= 15 is 0 Å². The lowest BCUT2D eigenvalue weighted by atomic mass is 10.1. The van der Waals surface area contributed by atoms with E-state index in [1.165, 1.54) is 11.3 Å². The molecule has 0 bridgehead atoms. The standard InChI is InChI=1S/C12H13N3O2S2/c1-8-13-14-11(19-8)12(16)15-3-4-17-10(6-15)9-2-5-18-7-9/h2,5,7,10H,3-4,6H2,1H3. The van der Waals surface area contributed by atoms with Crippen LogP contribution < -0.4 is 0 Å². The fourth-order valence-corrected chi connectivity index (χ4v) is 3.37. The summed E-state index contributed by atoms with van der Waals surface area (Å²) in [5.74, 6) is -0.0471. The van der Waals surface area contributed by atoms with Gasteiger partial charge in [0, 0.05) is 6.54 Å². The molecule has 1 aliphatic heterocycles. The van der Waals surface area contributed by atoms with Crippen LogP contribution in [0, 0.1) is 6.92 Å². The van der Waals surface area contributed by atoms with Gasteiger partial charge in [0.05, 0.1) is 13.2 Å². The molecule has 1 saturated heterocycles. The highest BCUT2D eigenvalue weighted by molar-refractivity contribution is 7.13. The van der Waals surface area contributed by atoms with Crippen LogP contribution in [0.4, 0.5) is 0 Å². The molecule has 2 aromatic rings. The first kappa shape index (κ1) is 12.7. The lowest BCUT2D eigenvalue weighted by molar-refractivity contribution is -0.0226. The minimum atomic E-state index is -0.0471. The topological polar surface area (TPSA) is 55.3 Å². The summed E-state index contributed by atoms with van der Waals surface area (Å²) in [5, 5.41) is 13.2. The molecular weight excluding hydrogens is 282 g/mol. The Morgan fingerprint density at radius 3 is 3.11 bits per heavy atom. The first-order valence-corrected chi connectivity index (χ1v) is 7.73. The molecule has 100 valence electrons. The summed E-state index contributed by atoms with van der Waals surface area (Å²) in [5.41, 5.74) is 1.14. The minimum absolute atomic E-state index is 0.0297. The highest BCUT2D eigenvalue weighted by Gasteiger charge is 2.27. The van der Waals surface area contributed by atoms with Crippen molar-refractivity contribution >= 4 is 28.6 Å². The number of morpholine rings is 1. The molecule has 1 amide bonds. The molecule has 3 rings (SSSR count). The summed E-state index contributed by atoms with van der Waals surface area (Å²) in [4.78, 5) is 14.1. The van der Waals surface area contributed by atoms with Crippen molar-refractivity contribution in [1.29, 1.82) is 0 Å². The SMILES string of the molecule is Cc1nnc(C(=O)N2CCOC(c3ccsc3)C2)s1. The molecule has 5 nitrogen and oxygen atoms in total. The second-order valence-corrected chi connectivity index (χ2v) is 6.26. The lowest BCUT2D eigenvalue weighted by Gasteiger charge is -2.32. The molecule has 1 aliphatic rings. The molecular formula is C12H13N3O2S2. The Morgan fingerprint density at radius 1 is 1.53 bits per heavy atom. The van der Waals surface area contributed by atoms with Gasteiger partial charge in [-0.05, 0) is 29.3 Å². The first-order valence-electron chi connectivity index (χ1n) is 5.97. The lowest BCUT2D eigenvalue weighted by Crippen LogP contribution is -2.42. The molecule has 0 radical (unpaired) electrons. The highest BCUT2D eigenvalue weighted by Crippen LogP contribution is 2.25. The zero-order valence-corrected chi connectivity index (χ0v) is 12.0. The van der Waals surface area contributed by atoms with E-state index in [-0.39, 0.29) is 12.0 Å². The highest BCUT2D eigenvalue weighted by atomic mass is 32.1. The van der Waals surface area contributed by atoms with Crippen LogP contribution >= 0.6 is 22.7 Å². The molecule has 0 aromatic carbocycles. The summed E-state index contributed by atoms with van der Waals surface area (Å²) >= 11 is 2.97. The molecule has 3 heterocycles. The number of carbonyl (C=O) groups excluding carboxylic acids is 1. The zero-order chi connectivity index (χ0) is 13.2. The van der Waals surface area contributed by atoms with Crippen molar-refractivity contribution in [3.05, 3.63) is 32.4 Å². The number of aromatic nitrogens is 2. The largest absolute Gasteiger partial charge is 0.370 e. The van der Waals surface area contributed by atoms with Gasteiger partial charge >= 0.3 is 0 Å². The molecule has 0 aliphatic carbocycles. The van der Waals surface area contributed by atoms with Crippen molar-refractivity contribution in [1.82, 2.24) is 15.1 Å². The maximum atomic E-state index is 12.3. The fourth-order valence-electron chi connectivity index (χ4n) is 2.01. The van der Waals surface area contributed by atoms with E-state index in [0.717, 1.165) is 10.6 Å². The molecule has 1 fully saturated rings. The van der Waals surface area contributed by atoms with E-state index in [9.17, 15) is 4.79 Å². The minimum Gasteiger partial charge on any atom is -0.370 e. The van der Waals surface area contributed by atoms with Crippen LogP contribution in [0.1, 0.15) is 26.5 Å². The predicted octanol–water partition coefficient (Wildman–Crippen LogP) is 2.12. The third-order valence-corrected chi connectivity index (χ3v) is 4.51. The number of rotatable bonds is 2. The summed E-state index contributed by atoms with van der Waals surface area (Å²) < 4.78 is 5.72. The number of carbonyl (C=O) groups is 1. The van der Waals surface area contributed by atoms with E-state index < -0.39 is 0 Å². The van der Waals surface area contributed by atoms with Gasteiger partial charge in [0.1, 0.15) is 11.1 Å². The number of hydrogen-bond acceptors (Lipinski definition) is 6. The second-order valence-electron chi connectivity index (χ2n) is 4.29. The number of ether oxygens (including phenoxy) is 1. The van der Waals surface area contributed by atoms with E-state index in [2.05, 4.69) is 15.6 Å². The maximum Gasteiger partial charge on any atom is 0.285 e. The second kappa shape index (κ2) is 5.36. The van der Waals surface area contributed by atoms with Crippen molar-refractivity contribution in [2.75, 3.05) is 19.7 Å². The normalized spacial score (nSPS) is 19.6. The number of hydrogen-bond donors (Lipinski definition) is 0. The van der Waals surface area contributed by atoms with Crippen molar-refractivity contribution in [3.8, 4) is 0 Å². The quantitative estimate of drug-likeness (QED) is 0.851. The van der Waals surface area contributed by atoms with Gasteiger partial charge < -0.3 is 9.64 Å². The Morgan fingerprint density at radius 2 is 2.42 bits per heavy atom. The number of nitrogens with zero attached hydrogens (tertiary/aromatic N) is 3. The van der Waals surface area contributed by atoms with Crippen molar-refractivity contribution in [2.45, 2.75) is 13.0 Å². The Hall–Kier alpha value is -1.31. The van der Waals surface area contributed by atoms with E-state index in [1.54, 1.807) is 16.2 Å². The van der Waals surface area contributed by atoms with E-state index in [1.807, 2.05) is 18.4 Å². The molecule has 0 saturated carbocycles. The summed E-state index contributed by atoms with van der Waals surface area (Å²) in [7, 11) is 0. The molecule has 0 spiro atoms. The van der Waals surface area contributed by atoms with Gasteiger partial charge in [0.2, 0.25) is 5.01 Å². The Kier molecular flexibility index (Phi) is 3.58. The van der Waals surface area contributed by atoms with Crippen LogP contribution in [-0.2, 0) is 4.74 Å². The van der Waals surface area contributed by atoms with Crippen LogP contribution in [0.15, 0.2) is 16.8 Å². The molecule has 7 heteroatoms. The summed E-state index contributed by atoms with van der Waals surface area (Å²) in [6, 6.07) is 2.04. The van der Waals surface area contributed by atoms with Gasteiger partial charge in [-0.1, -0.05) is 11.3 Å². The number of aryl methyl sites for hydroxylation is 1.